The Morgan fingerprint density at radius 2 is 1.36 bits per heavy atom. The molecule has 2 aliphatic heterocycles. The van der Waals surface area contributed by atoms with Gasteiger partial charge in [0.1, 0.15) is 0 Å². The summed E-state index contributed by atoms with van der Waals surface area (Å²) in [7, 11) is 0. The van der Waals surface area contributed by atoms with Gasteiger partial charge in [0.05, 0.1) is 0 Å². The Morgan fingerprint density at radius 1 is 0.955 bits per heavy atom. The van der Waals surface area contributed by atoms with E-state index in [-0.39, 0.29) is 77.1 Å². The molecule has 0 radical (unpaired) electrons. The largest absolute Gasteiger partial charge is 1.00 e. The van der Waals surface area contributed by atoms with Gasteiger partial charge in [-0.15, -0.1) is 5.97 Å². The number of hydrogen-bond donors (Lipinski definition) is 0. The topological polar surface area (TPSA) is 92.7 Å². The van der Waals surface area contributed by atoms with E-state index < -0.39 is 5.97 Å². The molecular weight excluding hydrogens is 310 g/mol. The number of hydrogen-bond acceptors (Lipinski definition) is 6. The molecule has 0 saturated carbocycles. The van der Waals surface area contributed by atoms with Crippen LogP contribution in [0.3, 0.4) is 0 Å². The van der Waals surface area contributed by atoms with Crippen LogP contribution in [0.5, 0.6) is 0 Å². The van der Waals surface area contributed by atoms with E-state index in [1.807, 2.05) is 0 Å². The molecule has 0 bridgehead atoms. The molecule has 0 aliphatic carbocycles. The first-order valence-electron chi connectivity index (χ1n) is 6.68. The van der Waals surface area contributed by atoms with E-state index in [1.165, 1.54) is 0 Å². The van der Waals surface area contributed by atoms with Crippen molar-refractivity contribution in [3.05, 3.63) is 11.6 Å². The Kier molecular flexibility index (Phi) is 17.0. The fourth-order valence-corrected chi connectivity index (χ4v) is 2.39. The SMILES string of the molecule is O=C([O-])C(=[C-]C1CCOCC1)C1CCOCC1.O=C=O.[Na+].[Na+]. The fraction of sp³-hybridized carbons (Fsp3) is 0.714. The number of carboxylic acid groups (broad SMARTS) is 1. The molecule has 0 amide bonds. The van der Waals surface area contributed by atoms with E-state index in [1.54, 1.807) is 0 Å². The fourth-order valence-electron chi connectivity index (χ4n) is 2.39. The van der Waals surface area contributed by atoms with Crippen molar-refractivity contribution in [2.45, 2.75) is 25.7 Å². The molecule has 0 atom stereocenters. The average Bonchev–Trinajstić information content (AvgIpc) is 2.47. The molecule has 8 heteroatoms. The Hall–Kier alpha value is 0.510. The second-order valence-corrected chi connectivity index (χ2v) is 4.70. The van der Waals surface area contributed by atoms with E-state index in [9.17, 15) is 9.90 Å². The van der Waals surface area contributed by atoms with Crippen LogP contribution in [0.25, 0.3) is 0 Å². The van der Waals surface area contributed by atoms with Crippen LogP contribution in [-0.2, 0) is 23.9 Å². The molecule has 2 fully saturated rings. The maximum Gasteiger partial charge on any atom is 1.00 e. The number of ether oxygens (including phenoxy) is 2. The Bertz CT molecular complexity index is 368. The predicted octanol–water partition coefficient (Wildman–Crippen LogP) is -6.26. The van der Waals surface area contributed by atoms with Crippen LogP contribution in [0.1, 0.15) is 25.7 Å². The second kappa shape index (κ2) is 15.1. The van der Waals surface area contributed by atoms with Crippen LogP contribution >= 0.6 is 0 Å². The molecule has 2 heterocycles. The number of allylic oxidation sites excluding steroid dienone is 1. The summed E-state index contributed by atoms with van der Waals surface area (Å²) in [6.45, 7) is 2.67. The molecule has 22 heavy (non-hydrogen) atoms. The first-order chi connectivity index (χ1) is 9.69. The number of carbonyl (C=O) groups excluding carboxylic acids is 3. The maximum absolute atomic E-state index is 11.2. The summed E-state index contributed by atoms with van der Waals surface area (Å²) < 4.78 is 10.5. The summed E-state index contributed by atoms with van der Waals surface area (Å²) in [5.41, 5.74) is 0.361. The van der Waals surface area contributed by atoms with Crippen LogP contribution < -0.4 is 64.2 Å². The molecule has 2 aliphatic rings. The van der Waals surface area contributed by atoms with Crippen LogP contribution in [0.2, 0.25) is 0 Å². The molecule has 112 valence electrons. The third-order valence-corrected chi connectivity index (χ3v) is 3.43. The maximum atomic E-state index is 11.2. The molecule has 0 spiro atoms. The Balaban J connectivity index is 0. The first-order valence-corrected chi connectivity index (χ1v) is 6.68. The summed E-state index contributed by atoms with van der Waals surface area (Å²) in [5.74, 6) is -0.806. The van der Waals surface area contributed by atoms with Crippen molar-refractivity contribution in [3.63, 3.8) is 0 Å². The minimum absolute atomic E-state index is 0. The zero-order chi connectivity index (χ0) is 14.8. The van der Waals surface area contributed by atoms with E-state index >= 15 is 0 Å². The summed E-state index contributed by atoms with van der Waals surface area (Å²) in [5, 5.41) is 11.2. The van der Waals surface area contributed by atoms with Crippen LogP contribution in [0, 0.1) is 17.9 Å². The smallest absolute Gasteiger partial charge is 0.658 e. The normalized spacial score (nSPS) is 19.5. The zero-order valence-corrected chi connectivity index (χ0v) is 17.3. The van der Waals surface area contributed by atoms with Gasteiger partial charge in [0.2, 0.25) is 0 Å². The van der Waals surface area contributed by atoms with Gasteiger partial charge >= 0.3 is 65.3 Å². The molecule has 0 aromatic rings. The Labute approximate surface area is 174 Å². The van der Waals surface area contributed by atoms with Crippen LogP contribution in [0.15, 0.2) is 5.57 Å². The first kappa shape index (κ1) is 24.8. The third kappa shape index (κ3) is 9.60. The van der Waals surface area contributed by atoms with Gasteiger partial charge < -0.3 is 19.4 Å². The average molecular weight is 328 g/mol. The summed E-state index contributed by atoms with van der Waals surface area (Å²) in [6.07, 6.45) is 6.64. The molecule has 0 unspecified atom stereocenters. The van der Waals surface area contributed by atoms with Gasteiger partial charge in [0.15, 0.2) is 0 Å². The monoisotopic (exact) mass is 328 g/mol. The van der Waals surface area contributed by atoms with Gasteiger partial charge in [-0.25, -0.2) is 0 Å². The van der Waals surface area contributed by atoms with Crippen LogP contribution in [-0.4, -0.2) is 38.5 Å². The standard InChI is InChI=1S/C13H19O4.CO2.2Na/c14-13(15)12(11-3-7-17-8-4-11)9-10-1-5-16-6-2-10;2-1-3;;/h10-11H,1-8H2,(H,14,15);;;/q-1;;2*+1/p-1. The minimum Gasteiger partial charge on any atom is -0.658 e. The summed E-state index contributed by atoms with van der Waals surface area (Å²) in [4.78, 5) is 27.4. The molecule has 2 saturated heterocycles. The molecule has 0 N–H and O–H groups in total. The van der Waals surface area contributed by atoms with Gasteiger partial charge in [0.25, 0.3) is 0 Å². The van der Waals surface area contributed by atoms with E-state index in [0.29, 0.717) is 32.0 Å². The van der Waals surface area contributed by atoms with E-state index in [0.717, 1.165) is 25.7 Å². The van der Waals surface area contributed by atoms with Crippen molar-refractivity contribution in [1.29, 1.82) is 0 Å². The van der Waals surface area contributed by atoms with Gasteiger partial charge in [-0.2, -0.15) is 15.2 Å². The zero-order valence-electron chi connectivity index (χ0n) is 13.3. The van der Waals surface area contributed by atoms with E-state index in [2.05, 4.69) is 6.08 Å². The van der Waals surface area contributed by atoms with Crippen molar-refractivity contribution in [3.8, 4) is 0 Å². The van der Waals surface area contributed by atoms with Crippen molar-refractivity contribution in [2.24, 2.45) is 11.8 Å². The predicted molar refractivity (Wildman–Crippen MR) is 63.9 cm³/mol. The number of carbonyl (C=O) groups is 1. The summed E-state index contributed by atoms with van der Waals surface area (Å²) in [6, 6.07) is 0. The quantitative estimate of drug-likeness (QED) is 0.291. The van der Waals surface area contributed by atoms with Crippen molar-refractivity contribution < 1.29 is 88.1 Å². The molecule has 6 nitrogen and oxygen atoms in total. The summed E-state index contributed by atoms with van der Waals surface area (Å²) >= 11 is 0. The Morgan fingerprint density at radius 3 is 1.77 bits per heavy atom. The minimum atomic E-state index is -1.07. The van der Waals surface area contributed by atoms with Crippen LogP contribution in [0.4, 0.5) is 0 Å². The van der Waals surface area contributed by atoms with Crippen molar-refractivity contribution in [2.75, 3.05) is 26.4 Å². The second-order valence-electron chi connectivity index (χ2n) is 4.70. The van der Waals surface area contributed by atoms with Gasteiger partial charge in [-0.05, 0) is 31.6 Å². The number of carboxylic acids is 1. The third-order valence-electron chi connectivity index (χ3n) is 3.43. The van der Waals surface area contributed by atoms with Crippen molar-refractivity contribution >= 4 is 12.1 Å². The molecular formula is C14H18Na2O6. The van der Waals surface area contributed by atoms with Crippen molar-refractivity contribution in [1.82, 2.24) is 0 Å². The molecule has 0 aromatic heterocycles. The van der Waals surface area contributed by atoms with Gasteiger partial charge in [-0.1, -0.05) is 5.92 Å². The molecule has 2 rings (SSSR count). The van der Waals surface area contributed by atoms with Gasteiger partial charge in [0, 0.05) is 26.4 Å². The van der Waals surface area contributed by atoms with E-state index in [4.69, 9.17) is 19.1 Å². The van der Waals surface area contributed by atoms with Gasteiger partial charge in [-0.3, -0.25) is 6.08 Å². The number of aliphatic carboxylic acids is 1. The number of rotatable bonds is 3. The molecule has 0 aromatic carbocycles.